The van der Waals surface area contributed by atoms with Crippen molar-refractivity contribution in [1.29, 1.82) is 0 Å². The van der Waals surface area contributed by atoms with Crippen molar-refractivity contribution in [1.82, 2.24) is 4.98 Å². The Bertz CT molecular complexity index is 1540. The van der Waals surface area contributed by atoms with Gasteiger partial charge < -0.3 is 4.42 Å². The van der Waals surface area contributed by atoms with Gasteiger partial charge in [0.05, 0.1) is 0 Å². The van der Waals surface area contributed by atoms with Gasteiger partial charge in [-0.3, -0.25) is 0 Å². The Morgan fingerprint density at radius 2 is 1.05 bits per heavy atom. The molecule has 6 rings (SSSR count). The van der Waals surface area contributed by atoms with Gasteiger partial charge in [0.25, 0.3) is 5.44 Å². The highest BCUT2D eigenvalue weighted by atomic mass is 35.5. The molecule has 5 heteroatoms. The lowest BCUT2D eigenvalue weighted by Crippen LogP contribution is -2.40. The molecular formula is C34H26ClNOPS+. The van der Waals surface area contributed by atoms with Crippen molar-refractivity contribution in [2.24, 2.45) is 0 Å². The molecule has 6 aromatic rings. The van der Waals surface area contributed by atoms with Gasteiger partial charge in [0.1, 0.15) is 15.9 Å². The summed E-state index contributed by atoms with van der Waals surface area (Å²) in [7, 11) is -2.43. The van der Waals surface area contributed by atoms with Crippen molar-refractivity contribution in [3.8, 4) is 11.5 Å². The molecule has 0 unspecified atom stereocenters. The number of aromatic nitrogens is 1. The zero-order chi connectivity index (χ0) is 26.5. The smallest absolute Gasteiger partial charge is 0.251 e. The van der Waals surface area contributed by atoms with Crippen molar-refractivity contribution >= 4 is 52.0 Å². The molecule has 5 aromatic carbocycles. The first-order valence-corrected chi connectivity index (χ1v) is 15.9. The van der Waals surface area contributed by atoms with Gasteiger partial charge in [-0.05, 0) is 66.2 Å². The van der Waals surface area contributed by atoms with E-state index in [2.05, 4.69) is 115 Å². The highest BCUT2D eigenvalue weighted by Gasteiger charge is 2.52. The molecule has 2 nitrogen and oxygen atoms in total. The summed E-state index contributed by atoms with van der Waals surface area (Å²) in [6.45, 7) is 0. The second kappa shape index (κ2) is 11.6. The van der Waals surface area contributed by atoms with Crippen molar-refractivity contribution in [3.05, 3.63) is 156 Å². The molecule has 39 heavy (non-hydrogen) atoms. The van der Waals surface area contributed by atoms with E-state index in [1.165, 1.54) is 21.5 Å². The monoisotopic (exact) mass is 562 g/mol. The molecule has 0 saturated heterocycles. The quantitative estimate of drug-likeness (QED) is 0.139. The lowest BCUT2D eigenvalue weighted by atomic mass is 10.2. The number of benzene rings is 5. The van der Waals surface area contributed by atoms with Crippen molar-refractivity contribution in [3.63, 3.8) is 0 Å². The Kier molecular flexibility index (Phi) is 7.65. The number of nitrogens with zero attached hydrogens (tertiary/aromatic N) is 1. The van der Waals surface area contributed by atoms with Crippen LogP contribution in [-0.4, -0.2) is 4.98 Å². The minimum Gasteiger partial charge on any atom is -0.425 e. The van der Waals surface area contributed by atoms with Crippen molar-refractivity contribution in [2.75, 3.05) is 0 Å². The normalized spacial score (nSPS) is 11.4. The van der Waals surface area contributed by atoms with E-state index in [-0.39, 0.29) is 0 Å². The highest BCUT2D eigenvalue weighted by Crippen LogP contribution is 2.56. The fraction of sp³-hybridized carbons (Fsp3) is 0.0294. The SMILES string of the molecule is Clc1ccc(-c2nc([P+](c3ccccc3)(c3ccccc3)c3ccccc3)c(SCc3ccccc3)o2)cc1. The van der Waals surface area contributed by atoms with E-state index in [1.54, 1.807) is 11.8 Å². The van der Waals surface area contributed by atoms with E-state index in [1.807, 2.05) is 30.3 Å². The van der Waals surface area contributed by atoms with E-state index in [4.69, 9.17) is 21.0 Å². The number of hydrogen-bond donors (Lipinski definition) is 0. The molecule has 0 spiro atoms. The minimum absolute atomic E-state index is 0.601. The van der Waals surface area contributed by atoms with E-state index >= 15 is 0 Å². The highest BCUT2D eigenvalue weighted by molar-refractivity contribution is 8.04. The summed E-state index contributed by atoms with van der Waals surface area (Å²) in [5.41, 5.74) is 3.12. The second-order valence-electron chi connectivity index (χ2n) is 9.09. The van der Waals surface area contributed by atoms with E-state index in [0.29, 0.717) is 10.9 Å². The van der Waals surface area contributed by atoms with Crippen LogP contribution in [0, 0.1) is 0 Å². The van der Waals surface area contributed by atoms with Crippen molar-refractivity contribution in [2.45, 2.75) is 10.8 Å². The molecule has 1 heterocycles. The Morgan fingerprint density at radius 1 is 0.590 bits per heavy atom. The molecular weight excluding hydrogens is 537 g/mol. The maximum absolute atomic E-state index is 6.67. The molecule has 1 aromatic heterocycles. The van der Waals surface area contributed by atoms with E-state index < -0.39 is 7.26 Å². The van der Waals surface area contributed by atoms with Crippen LogP contribution in [0.4, 0.5) is 0 Å². The summed E-state index contributed by atoms with van der Waals surface area (Å²) in [5.74, 6) is 1.38. The second-order valence-corrected chi connectivity index (χ2v) is 13.8. The molecule has 0 radical (unpaired) electrons. The molecule has 0 aliphatic carbocycles. The van der Waals surface area contributed by atoms with E-state index in [0.717, 1.165) is 21.8 Å². The van der Waals surface area contributed by atoms with Crippen LogP contribution in [-0.2, 0) is 5.75 Å². The molecule has 0 aliphatic heterocycles. The van der Waals surface area contributed by atoms with Gasteiger partial charge >= 0.3 is 0 Å². The summed E-state index contributed by atoms with van der Waals surface area (Å²) >= 11 is 7.92. The standard InChI is InChI=1S/C34H26ClNOPS/c35-28-23-21-27(22-24-28)32-36-33(34(37-32)39-25-26-13-5-1-6-14-26)38(29-15-7-2-8-16-29,30-17-9-3-10-18-30)31-19-11-4-12-20-31/h1-24H,25H2/q+1. The number of halogens is 1. The Labute approximate surface area is 239 Å². The zero-order valence-corrected chi connectivity index (χ0v) is 23.6. The minimum atomic E-state index is -2.43. The average Bonchev–Trinajstić information content (AvgIpc) is 3.43. The summed E-state index contributed by atoms with van der Waals surface area (Å²) in [6.07, 6.45) is 0. The van der Waals surface area contributed by atoms with Crippen LogP contribution in [0.25, 0.3) is 11.5 Å². The summed E-state index contributed by atoms with van der Waals surface area (Å²) in [5, 5.41) is 5.23. The lowest BCUT2D eigenvalue weighted by molar-refractivity contribution is 0.487. The summed E-state index contributed by atoms with van der Waals surface area (Å²) < 4.78 is 6.67. The Hall–Kier alpha value is -3.62. The van der Waals surface area contributed by atoms with Gasteiger partial charge in [-0.2, -0.15) is 4.98 Å². The lowest BCUT2D eigenvalue weighted by Gasteiger charge is -2.25. The zero-order valence-electron chi connectivity index (χ0n) is 21.2. The van der Waals surface area contributed by atoms with Crippen molar-refractivity contribution < 1.29 is 4.42 Å². The first-order valence-electron chi connectivity index (χ1n) is 12.7. The molecule has 0 saturated carbocycles. The average molecular weight is 563 g/mol. The number of oxazole rings is 1. The first-order chi connectivity index (χ1) is 19.2. The van der Waals surface area contributed by atoms with Gasteiger partial charge in [-0.25, -0.2) is 0 Å². The molecule has 190 valence electrons. The third-order valence-electron chi connectivity index (χ3n) is 6.63. The molecule has 0 aliphatic rings. The van der Waals surface area contributed by atoms with Crippen LogP contribution in [0.2, 0.25) is 5.02 Å². The van der Waals surface area contributed by atoms with Gasteiger partial charge in [-0.1, -0.05) is 108 Å². The maximum atomic E-state index is 6.67. The van der Waals surface area contributed by atoms with Gasteiger partial charge in [-0.15, -0.1) is 0 Å². The molecule has 0 N–H and O–H groups in total. The number of rotatable bonds is 8. The fourth-order valence-corrected chi connectivity index (χ4v) is 10.4. The number of thioether (sulfide) groups is 1. The van der Waals surface area contributed by atoms with Gasteiger partial charge in [0, 0.05) is 16.3 Å². The number of hydrogen-bond acceptors (Lipinski definition) is 3. The van der Waals surface area contributed by atoms with Crippen LogP contribution in [0.1, 0.15) is 5.56 Å². The van der Waals surface area contributed by atoms with Gasteiger partial charge in [0.2, 0.25) is 11.0 Å². The molecule has 0 fully saturated rings. The van der Waals surface area contributed by atoms with Crippen LogP contribution in [0.3, 0.4) is 0 Å². The summed E-state index contributed by atoms with van der Waals surface area (Å²) in [6, 6.07) is 50.5. The van der Waals surface area contributed by atoms with Crippen LogP contribution >= 0.6 is 30.6 Å². The van der Waals surface area contributed by atoms with Crippen LogP contribution in [0.5, 0.6) is 0 Å². The van der Waals surface area contributed by atoms with E-state index in [9.17, 15) is 0 Å². The fourth-order valence-electron chi connectivity index (χ4n) is 4.81. The third kappa shape index (κ3) is 5.18. The predicted octanol–water partition coefficient (Wildman–Crippen LogP) is 7.91. The molecule has 0 amide bonds. The Morgan fingerprint density at radius 3 is 1.54 bits per heavy atom. The maximum Gasteiger partial charge on any atom is 0.251 e. The topological polar surface area (TPSA) is 26.0 Å². The van der Waals surface area contributed by atoms with Gasteiger partial charge in [0.15, 0.2) is 7.26 Å². The first kappa shape index (κ1) is 25.6. The summed E-state index contributed by atoms with van der Waals surface area (Å²) in [4.78, 5) is 5.34. The largest absolute Gasteiger partial charge is 0.425 e. The molecule has 0 bridgehead atoms. The molecule has 0 atom stereocenters. The van der Waals surface area contributed by atoms with Crippen LogP contribution < -0.4 is 21.3 Å². The predicted molar refractivity (Wildman–Crippen MR) is 168 cm³/mol. The van der Waals surface area contributed by atoms with Crippen LogP contribution in [0.15, 0.2) is 155 Å². The third-order valence-corrected chi connectivity index (χ3v) is 12.2. The Balaban J connectivity index is 1.63.